The highest BCUT2D eigenvalue weighted by Crippen LogP contribution is 2.31. The summed E-state index contributed by atoms with van der Waals surface area (Å²) >= 11 is 1.87. The van der Waals surface area contributed by atoms with Crippen LogP contribution < -0.4 is 10.2 Å². The molecule has 0 fully saturated rings. The lowest BCUT2D eigenvalue weighted by Gasteiger charge is -2.21. The first-order chi connectivity index (χ1) is 9.85. The molecule has 0 atom stereocenters. The van der Waals surface area contributed by atoms with Crippen LogP contribution in [0.1, 0.15) is 65.0 Å². The van der Waals surface area contributed by atoms with Gasteiger partial charge in [0.15, 0.2) is 5.13 Å². The summed E-state index contributed by atoms with van der Waals surface area (Å²) in [5.74, 6) is 1.84. The number of anilines is 1. The Bertz CT molecular complexity index is 410. The summed E-state index contributed by atoms with van der Waals surface area (Å²) in [6, 6.07) is 0. The van der Waals surface area contributed by atoms with Crippen LogP contribution in [0.4, 0.5) is 5.13 Å². The number of aromatic nitrogens is 1. The zero-order valence-electron chi connectivity index (χ0n) is 14.9. The van der Waals surface area contributed by atoms with Crippen molar-refractivity contribution in [3.63, 3.8) is 0 Å². The van der Waals surface area contributed by atoms with Crippen LogP contribution in [0.5, 0.6) is 0 Å². The minimum atomic E-state index is 0.489. The lowest BCUT2D eigenvalue weighted by atomic mass is 10.1. The summed E-state index contributed by atoms with van der Waals surface area (Å²) < 4.78 is 0. The summed E-state index contributed by atoms with van der Waals surface area (Å²) in [5.41, 5.74) is 1.27. The number of rotatable bonds is 9. The van der Waals surface area contributed by atoms with E-state index in [2.05, 4.69) is 58.7 Å². The molecular formula is C17H33N3S. The lowest BCUT2D eigenvalue weighted by Crippen LogP contribution is -2.27. The number of thiazole rings is 1. The fourth-order valence-corrected chi connectivity index (χ4v) is 3.58. The Morgan fingerprint density at radius 3 is 2.24 bits per heavy atom. The van der Waals surface area contributed by atoms with Gasteiger partial charge in [-0.3, -0.25) is 0 Å². The monoisotopic (exact) mass is 311 g/mol. The Hall–Kier alpha value is -0.610. The largest absolute Gasteiger partial charge is 0.348 e. The molecular weight excluding hydrogens is 278 g/mol. The zero-order valence-corrected chi connectivity index (χ0v) is 15.7. The number of hydrogen-bond donors (Lipinski definition) is 1. The van der Waals surface area contributed by atoms with Crippen LogP contribution in [0.3, 0.4) is 0 Å². The molecule has 0 aliphatic carbocycles. The second kappa shape index (κ2) is 8.74. The molecule has 4 heteroatoms. The van der Waals surface area contributed by atoms with Crippen LogP contribution in [-0.4, -0.2) is 24.6 Å². The van der Waals surface area contributed by atoms with E-state index in [9.17, 15) is 0 Å². The molecule has 3 nitrogen and oxygen atoms in total. The SMILES string of the molecule is CCN(CC(C)C)c1nc(C(C)C)c(CNCC(C)C)s1. The molecule has 0 aliphatic heterocycles. The molecule has 0 aliphatic rings. The van der Waals surface area contributed by atoms with E-state index in [1.807, 2.05) is 11.3 Å². The van der Waals surface area contributed by atoms with E-state index in [4.69, 9.17) is 4.98 Å². The van der Waals surface area contributed by atoms with Crippen molar-refractivity contribution in [2.24, 2.45) is 11.8 Å². The van der Waals surface area contributed by atoms with Gasteiger partial charge in [0.05, 0.1) is 5.69 Å². The lowest BCUT2D eigenvalue weighted by molar-refractivity contribution is 0.552. The highest BCUT2D eigenvalue weighted by molar-refractivity contribution is 7.15. The number of hydrogen-bond acceptors (Lipinski definition) is 4. The van der Waals surface area contributed by atoms with Gasteiger partial charge in [-0.25, -0.2) is 4.98 Å². The molecule has 1 N–H and O–H groups in total. The first-order valence-electron chi connectivity index (χ1n) is 8.30. The Balaban J connectivity index is 2.86. The van der Waals surface area contributed by atoms with Crippen molar-refractivity contribution < 1.29 is 0 Å². The molecule has 1 aromatic rings. The van der Waals surface area contributed by atoms with E-state index in [0.717, 1.165) is 26.2 Å². The van der Waals surface area contributed by atoms with E-state index in [0.29, 0.717) is 17.8 Å². The molecule has 0 saturated heterocycles. The van der Waals surface area contributed by atoms with Crippen molar-refractivity contribution in [1.82, 2.24) is 10.3 Å². The molecule has 0 aromatic carbocycles. The predicted molar refractivity (Wildman–Crippen MR) is 95.5 cm³/mol. The highest BCUT2D eigenvalue weighted by atomic mass is 32.1. The minimum Gasteiger partial charge on any atom is -0.348 e. The summed E-state index contributed by atoms with van der Waals surface area (Å²) in [4.78, 5) is 8.75. The van der Waals surface area contributed by atoms with E-state index in [-0.39, 0.29) is 0 Å². The maximum Gasteiger partial charge on any atom is 0.185 e. The normalized spacial score (nSPS) is 11.9. The van der Waals surface area contributed by atoms with Crippen molar-refractivity contribution in [3.05, 3.63) is 10.6 Å². The molecule has 0 spiro atoms. The first-order valence-corrected chi connectivity index (χ1v) is 9.12. The average Bonchev–Trinajstić information content (AvgIpc) is 2.79. The van der Waals surface area contributed by atoms with Gasteiger partial charge in [-0.1, -0.05) is 41.5 Å². The summed E-state index contributed by atoms with van der Waals surface area (Å²) in [6.07, 6.45) is 0. The van der Waals surface area contributed by atoms with Crippen molar-refractivity contribution in [2.45, 2.75) is 60.9 Å². The average molecular weight is 312 g/mol. The van der Waals surface area contributed by atoms with Crippen molar-refractivity contribution in [1.29, 1.82) is 0 Å². The Morgan fingerprint density at radius 1 is 1.10 bits per heavy atom. The van der Waals surface area contributed by atoms with Crippen LogP contribution in [-0.2, 0) is 6.54 Å². The molecule has 0 saturated carbocycles. The van der Waals surface area contributed by atoms with Gasteiger partial charge in [-0.15, -0.1) is 11.3 Å². The second-order valence-electron chi connectivity index (χ2n) is 6.92. The summed E-state index contributed by atoms with van der Waals surface area (Å²) in [7, 11) is 0. The standard InChI is InChI=1S/C17H33N3S/c1-8-20(11-13(4)5)17-19-16(14(6)7)15(21-17)10-18-9-12(2)3/h12-14,18H,8-11H2,1-7H3. The van der Waals surface area contributed by atoms with E-state index in [1.165, 1.54) is 15.7 Å². The van der Waals surface area contributed by atoms with Crippen LogP contribution in [0, 0.1) is 11.8 Å². The fourth-order valence-electron chi connectivity index (χ4n) is 2.32. The molecule has 0 bridgehead atoms. The minimum absolute atomic E-state index is 0.489. The van der Waals surface area contributed by atoms with Crippen LogP contribution in [0.15, 0.2) is 0 Å². The van der Waals surface area contributed by atoms with E-state index >= 15 is 0 Å². The third-order valence-corrected chi connectivity index (χ3v) is 4.47. The number of nitrogens with one attached hydrogen (secondary N) is 1. The van der Waals surface area contributed by atoms with Crippen LogP contribution >= 0.6 is 11.3 Å². The van der Waals surface area contributed by atoms with Crippen LogP contribution in [0.25, 0.3) is 0 Å². The highest BCUT2D eigenvalue weighted by Gasteiger charge is 2.18. The smallest absolute Gasteiger partial charge is 0.185 e. The fraction of sp³-hybridized carbons (Fsp3) is 0.824. The van der Waals surface area contributed by atoms with Gasteiger partial charge in [-0.2, -0.15) is 0 Å². The quantitative estimate of drug-likeness (QED) is 0.728. The van der Waals surface area contributed by atoms with Gasteiger partial charge in [0.1, 0.15) is 0 Å². The maximum absolute atomic E-state index is 4.94. The van der Waals surface area contributed by atoms with Gasteiger partial charge < -0.3 is 10.2 Å². The molecule has 122 valence electrons. The Morgan fingerprint density at radius 2 is 1.76 bits per heavy atom. The molecule has 0 radical (unpaired) electrons. The Kier molecular flexibility index (Phi) is 7.67. The predicted octanol–water partition coefficient (Wildman–Crippen LogP) is 4.49. The van der Waals surface area contributed by atoms with Crippen molar-refractivity contribution >= 4 is 16.5 Å². The van der Waals surface area contributed by atoms with E-state index in [1.54, 1.807) is 0 Å². The molecule has 1 aromatic heterocycles. The molecule has 0 amide bonds. The van der Waals surface area contributed by atoms with Gasteiger partial charge in [0, 0.05) is 24.5 Å². The summed E-state index contributed by atoms with van der Waals surface area (Å²) in [6.45, 7) is 19.9. The maximum atomic E-state index is 4.94. The molecule has 1 heterocycles. The summed E-state index contributed by atoms with van der Waals surface area (Å²) in [5, 5.41) is 4.75. The van der Waals surface area contributed by atoms with Crippen LogP contribution in [0.2, 0.25) is 0 Å². The van der Waals surface area contributed by atoms with Gasteiger partial charge in [-0.05, 0) is 31.2 Å². The van der Waals surface area contributed by atoms with Gasteiger partial charge >= 0.3 is 0 Å². The third kappa shape index (κ3) is 5.95. The Labute approximate surface area is 135 Å². The van der Waals surface area contributed by atoms with Crippen molar-refractivity contribution in [2.75, 3.05) is 24.5 Å². The number of nitrogens with zero attached hydrogens (tertiary/aromatic N) is 2. The first kappa shape index (κ1) is 18.4. The van der Waals surface area contributed by atoms with Gasteiger partial charge in [0.25, 0.3) is 0 Å². The van der Waals surface area contributed by atoms with E-state index < -0.39 is 0 Å². The topological polar surface area (TPSA) is 28.2 Å². The zero-order chi connectivity index (χ0) is 16.0. The van der Waals surface area contributed by atoms with Gasteiger partial charge in [0.2, 0.25) is 0 Å². The second-order valence-corrected chi connectivity index (χ2v) is 7.98. The third-order valence-electron chi connectivity index (χ3n) is 3.34. The molecule has 0 unspecified atom stereocenters. The molecule has 1 rings (SSSR count). The van der Waals surface area contributed by atoms with Crippen molar-refractivity contribution in [3.8, 4) is 0 Å². The molecule has 21 heavy (non-hydrogen) atoms.